The lowest BCUT2D eigenvalue weighted by Crippen LogP contribution is -2.48. The third-order valence-corrected chi connectivity index (χ3v) is 4.23. The zero-order chi connectivity index (χ0) is 18.8. The third kappa shape index (κ3) is 3.92. The van der Waals surface area contributed by atoms with Crippen molar-refractivity contribution >= 4 is 23.2 Å². The Morgan fingerprint density at radius 3 is 2.20 bits per heavy atom. The average Bonchev–Trinajstić information content (AvgIpc) is 2.57. The maximum absolute atomic E-state index is 12.4. The highest BCUT2D eigenvalue weighted by Gasteiger charge is 2.36. The highest BCUT2D eigenvalue weighted by molar-refractivity contribution is 5.87. The Morgan fingerprint density at radius 1 is 1.04 bits per heavy atom. The van der Waals surface area contributed by atoms with Crippen LogP contribution >= 0.6 is 0 Å². The molecule has 0 heterocycles. The third-order valence-electron chi connectivity index (χ3n) is 4.23. The summed E-state index contributed by atoms with van der Waals surface area (Å²) in [7, 11) is 3.19. The summed E-state index contributed by atoms with van der Waals surface area (Å²) in [4.78, 5) is 25.6. The highest BCUT2D eigenvalue weighted by atomic mass is 16.6. The molecule has 2 aromatic carbocycles. The van der Waals surface area contributed by atoms with Crippen LogP contribution in [0.4, 0.5) is 4.79 Å². The van der Waals surface area contributed by atoms with Gasteiger partial charge in [-0.05, 0) is 62.2 Å². The fraction of sp³-hybridized carbons (Fsp3) is 0.400. The van der Waals surface area contributed by atoms with Crippen LogP contribution in [0.2, 0.25) is 0 Å². The van der Waals surface area contributed by atoms with E-state index in [1.165, 1.54) is 4.90 Å². The lowest BCUT2D eigenvalue weighted by molar-refractivity contribution is -0.117. The summed E-state index contributed by atoms with van der Waals surface area (Å²) in [6.07, 6.45) is 0.221. The minimum absolute atomic E-state index is 0.545. The maximum atomic E-state index is 12.4. The Bertz CT molecular complexity index is 794. The fourth-order valence-electron chi connectivity index (χ4n) is 2.53. The quantitative estimate of drug-likeness (QED) is 0.783. The van der Waals surface area contributed by atoms with Crippen molar-refractivity contribution in [1.29, 1.82) is 0 Å². The lowest BCUT2D eigenvalue weighted by Gasteiger charge is -2.35. The number of ether oxygens (including phenoxy) is 2. The van der Waals surface area contributed by atoms with E-state index >= 15 is 0 Å². The Kier molecular flexibility index (Phi) is 5.07. The van der Waals surface area contributed by atoms with Gasteiger partial charge in [-0.25, -0.2) is 4.79 Å². The van der Waals surface area contributed by atoms with E-state index in [0.29, 0.717) is 5.56 Å². The van der Waals surface area contributed by atoms with Crippen LogP contribution in [0.1, 0.15) is 33.3 Å². The number of methoxy groups -OCH3 is 1. The normalized spacial score (nSPS) is 13.8. The van der Waals surface area contributed by atoms with Crippen molar-refractivity contribution in [2.75, 3.05) is 14.2 Å². The average molecular weight is 343 g/mol. The van der Waals surface area contributed by atoms with Gasteiger partial charge in [0.05, 0.1) is 7.11 Å². The summed E-state index contributed by atoms with van der Waals surface area (Å²) >= 11 is 0. The zero-order valence-corrected chi connectivity index (χ0v) is 15.6. The molecule has 134 valence electrons. The molecule has 5 heteroatoms. The zero-order valence-electron chi connectivity index (χ0n) is 15.6. The second-order valence-electron chi connectivity index (χ2n) is 7.23. The number of carbonyl (C=O) groups is 2. The van der Waals surface area contributed by atoms with Gasteiger partial charge in [-0.2, -0.15) is 0 Å². The van der Waals surface area contributed by atoms with E-state index in [1.54, 1.807) is 41.9 Å². The van der Waals surface area contributed by atoms with E-state index in [4.69, 9.17) is 9.47 Å². The molecule has 0 saturated heterocycles. The largest absolute Gasteiger partial charge is 0.497 e. The Morgan fingerprint density at radius 2 is 1.64 bits per heavy atom. The van der Waals surface area contributed by atoms with E-state index in [0.717, 1.165) is 22.8 Å². The first-order valence-corrected chi connectivity index (χ1v) is 8.12. The van der Waals surface area contributed by atoms with Crippen LogP contribution in [-0.4, -0.2) is 37.0 Å². The van der Waals surface area contributed by atoms with E-state index in [2.05, 4.69) is 0 Å². The van der Waals surface area contributed by atoms with Crippen LogP contribution in [-0.2, 0) is 15.1 Å². The van der Waals surface area contributed by atoms with Gasteiger partial charge in [-0.1, -0.05) is 18.2 Å². The van der Waals surface area contributed by atoms with Crippen molar-refractivity contribution in [2.24, 2.45) is 0 Å². The van der Waals surface area contributed by atoms with Gasteiger partial charge in [-0.15, -0.1) is 0 Å². The summed E-state index contributed by atoms with van der Waals surface area (Å²) in [6.45, 7) is 7.08. The minimum Gasteiger partial charge on any atom is -0.497 e. The predicted octanol–water partition coefficient (Wildman–Crippen LogP) is 4.13. The molecule has 2 aromatic rings. The molecule has 0 aliphatic carbocycles. The first kappa shape index (κ1) is 18.8. The Hall–Kier alpha value is -2.56. The van der Waals surface area contributed by atoms with Crippen molar-refractivity contribution in [1.82, 2.24) is 4.90 Å². The van der Waals surface area contributed by atoms with Crippen LogP contribution in [0.5, 0.6) is 5.75 Å². The fourth-order valence-corrected chi connectivity index (χ4v) is 2.53. The predicted molar refractivity (Wildman–Crippen MR) is 97.9 cm³/mol. The Labute approximate surface area is 148 Å². The lowest BCUT2D eigenvalue weighted by atomic mass is 9.90. The van der Waals surface area contributed by atoms with E-state index in [-0.39, 0.29) is 0 Å². The van der Waals surface area contributed by atoms with Crippen LogP contribution in [0.25, 0.3) is 10.8 Å². The van der Waals surface area contributed by atoms with Crippen molar-refractivity contribution in [2.45, 2.75) is 38.8 Å². The van der Waals surface area contributed by atoms with Gasteiger partial charge in [0.15, 0.2) is 0 Å². The molecule has 1 amide bonds. The topological polar surface area (TPSA) is 55.8 Å². The number of aldehydes is 1. The summed E-state index contributed by atoms with van der Waals surface area (Å²) < 4.78 is 10.6. The van der Waals surface area contributed by atoms with Gasteiger partial charge in [0, 0.05) is 7.05 Å². The van der Waals surface area contributed by atoms with Crippen molar-refractivity contribution in [3.8, 4) is 5.75 Å². The van der Waals surface area contributed by atoms with Crippen molar-refractivity contribution < 1.29 is 19.1 Å². The molecule has 0 saturated carbocycles. The van der Waals surface area contributed by atoms with Gasteiger partial charge >= 0.3 is 6.09 Å². The van der Waals surface area contributed by atoms with Crippen molar-refractivity contribution in [3.63, 3.8) is 0 Å². The number of hydrogen-bond donors (Lipinski definition) is 0. The van der Waals surface area contributed by atoms with E-state index in [9.17, 15) is 9.59 Å². The smallest absolute Gasteiger partial charge is 0.411 e. The molecular formula is C20H25NO4. The number of nitrogens with zero attached hydrogens (tertiary/aromatic N) is 1. The summed E-state index contributed by atoms with van der Waals surface area (Å²) in [6, 6.07) is 11.4. The number of rotatable bonds is 4. The van der Waals surface area contributed by atoms with Crippen LogP contribution < -0.4 is 4.74 Å². The molecule has 0 aliphatic rings. The van der Waals surface area contributed by atoms with Crippen LogP contribution in [0.3, 0.4) is 0 Å². The van der Waals surface area contributed by atoms with Crippen molar-refractivity contribution in [3.05, 3.63) is 42.0 Å². The summed E-state index contributed by atoms with van der Waals surface area (Å²) in [5, 5.41) is 1.96. The number of amides is 1. The van der Waals surface area contributed by atoms with Gasteiger partial charge in [0.25, 0.3) is 0 Å². The van der Waals surface area contributed by atoms with Crippen LogP contribution in [0, 0.1) is 0 Å². The molecule has 2 rings (SSSR count). The molecule has 0 aromatic heterocycles. The molecule has 0 spiro atoms. The first-order chi connectivity index (χ1) is 11.6. The molecule has 1 atom stereocenters. The molecule has 0 bridgehead atoms. The number of benzene rings is 2. The number of likely N-dealkylation sites (N-methyl/N-ethyl adjacent to an activating group) is 1. The molecule has 5 nitrogen and oxygen atoms in total. The van der Waals surface area contributed by atoms with Crippen LogP contribution in [0.15, 0.2) is 36.4 Å². The molecule has 1 unspecified atom stereocenters. The first-order valence-electron chi connectivity index (χ1n) is 8.12. The molecule has 0 N–H and O–H groups in total. The Balaban J connectivity index is 2.42. The minimum atomic E-state index is -1.13. The molecule has 0 radical (unpaired) electrons. The monoisotopic (exact) mass is 343 g/mol. The van der Waals surface area contributed by atoms with E-state index < -0.39 is 17.2 Å². The van der Waals surface area contributed by atoms with Gasteiger partial charge < -0.3 is 14.3 Å². The highest BCUT2D eigenvalue weighted by Crippen LogP contribution is 2.30. The van der Waals surface area contributed by atoms with E-state index in [1.807, 2.05) is 36.4 Å². The maximum Gasteiger partial charge on any atom is 0.411 e. The molecule has 0 fully saturated rings. The number of hydrogen-bond acceptors (Lipinski definition) is 4. The number of fused-ring (bicyclic) bond motifs is 1. The SMILES string of the molecule is COc1ccc2cc(C(C)(C=O)N(C)C(=O)OC(C)(C)C)ccc2c1. The second-order valence-corrected chi connectivity index (χ2v) is 7.23. The van der Waals surface area contributed by atoms with Gasteiger partial charge in [0.2, 0.25) is 0 Å². The standard InChI is InChI=1S/C20H25NO4/c1-19(2,3)25-18(23)21(5)20(4,13-22)16-9-7-15-12-17(24-6)10-8-14(15)11-16/h7-13H,1-6H3. The molecular weight excluding hydrogens is 318 g/mol. The van der Waals surface area contributed by atoms with Gasteiger partial charge in [-0.3, -0.25) is 4.90 Å². The summed E-state index contributed by atoms with van der Waals surface area (Å²) in [5.41, 5.74) is -1.04. The summed E-state index contributed by atoms with van der Waals surface area (Å²) in [5.74, 6) is 0.768. The second kappa shape index (κ2) is 6.75. The molecule has 25 heavy (non-hydrogen) atoms. The molecule has 0 aliphatic heterocycles. The number of carbonyl (C=O) groups excluding carboxylic acids is 2. The van der Waals surface area contributed by atoms with Gasteiger partial charge in [0.1, 0.15) is 23.2 Å².